The molecule has 3 rings (SSSR count). The molecular weight excluding hydrogens is 686 g/mol. The number of amides is 3. The van der Waals surface area contributed by atoms with Crippen LogP contribution in [0.5, 0.6) is 5.75 Å². The molecule has 2 N–H and O–H groups in total. The fourth-order valence-electron chi connectivity index (χ4n) is 5.75. The van der Waals surface area contributed by atoms with E-state index in [0.717, 1.165) is 44.9 Å². The average Bonchev–Trinajstić information content (AvgIpc) is 3.64. The van der Waals surface area contributed by atoms with Gasteiger partial charge in [-0.05, 0) is 120 Å². The molecule has 9 heteroatoms. The summed E-state index contributed by atoms with van der Waals surface area (Å²) in [4.78, 5) is 53.3. The molecule has 1 unspecified atom stereocenters. The van der Waals surface area contributed by atoms with E-state index in [2.05, 4.69) is 78.3 Å². The predicted molar refractivity (Wildman–Crippen MR) is 215 cm³/mol. The molecule has 0 bridgehead atoms. The number of benzene rings is 2. The Hall–Kier alpha value is -4.69. The zero-order valence-electron chi connectivity index (χ0n) is 31.5. The summed E-state index contributed by atoms with van der Waals surface area (Å²) in [5.41, 5.74) is -0.240. The molecule has 284 valence electrons. The second kappa shape index (κ2) is 23.8. The lowest BCUT2D eigenvalue weighted by molar-refractivity contribution is -0.149. The second-order valence-corrected chi connectivity index (χ2v) is 13.8. The van der Waals surface area contributed by atoms with E-state index in [9.17, 15) is 19.2 Å². The largest absolute Gasteiger partial charge is 0.478 e. The van der Waals surface area contributed by atoms with Crippen molar-refractivity contribution in [2.24, 2.45) is 0 Å². The molecule has 0 saturated carbocycles. The van der Waals surface area contributed by atoms with E-state index in [0.29, 0.717) is 54.3 Å². The topological polar surface area (TPSA) is 105 Å². The highest BCUT2D eigenvalue weighted by Crippen LogP contribution is 2.26. The maximum Gasteiger partial charge on any atom is 0.266 e. The zero-order valence-corrected chi connectivity index (χ0v) is 32.3. The van der Waals surface area contributed by atoms with E-state index in [-0.39, 0.29) is 30.0 Å². The monoisotopic (exact) mass is 741 g/mol. The molecule has 0 aromatic heterocycles. The van der Waals surface area contributed by atoms with Crippen LogP contribution in [0.4, 0.5) is 0 Å². The third kappa shape index (κ3) is 15.8. The van der Waals surface area contributed by atoms with E-state index in [1.165, 1.54) is 0 Å². The van der Waals surface area contributed by atoms with Crippen LogP contribution >= 0.6 is 11.6 Å². The molecule has 1 atom stereocenters. The summed E-state index contributed by atoms with van der Waals surface area (Å²) < 4.78 is 6.07. The van der Waals surface area contributed by atoms with Crippen molar-refractivity contribution < 1.29 is 23.9 Å². The highest BCUT2D eigenvalue weighted by Gasteiger charge is 2.42. The Morgan fingerprint density at radius 1 is 0.774 bits per heavy atom. The number of ether oxygens (including phenoxy) is 1. The maximum absolute atomic E-state index is 13.6. The highest BCUT2D eigenvalue weighted by atomic mass is 35.5. The second-order valence-electron chi connectivity index (χ2n) is 13.4. The van der Waals surface area contributed by atoms with Crippen molar-refractivity contribution >= 4 is 35.1 Å². The number of nitrogens with one attached hydrogen (secondary N) is 2. The van der Waals surface area contributed by atoms with Crippen molar-refractivity contribution in [3.8, 4) is 5.75 Å². The van der Waals surface area contributed by atoms with Crippen LogP contribution in [-0.4, -0.2) is 59.7 Å². The van der Waals surface area contributed by atoms with Crippen molar-refractivity contribution in [3.63, 3.8) is 0 Å². The lowest BCUT2D eigenvalue weighted by atomic mass is 10.0. The number of rotatable bonds is 22. The van der Waals surface area contributed by atoms with Crippen LogP contribution in [0.1, 0.15) is 101 Å². The first-order valence-corrected chi connectivity index (χ1v) is 19.2. The molecule has 1 saturated heterocycles. The first-order chi connectivity index (χ1) is 25.6. The first kappa shape index (κ1) is 42.7. The van der Waals surface area contributed by atoms with E-state index in [4.69, 9.17) is 16.3 Å². The van der Waals surface area contributed by atoms with E-state index in [1.54, 1.807) is 67.3 Å². The Kier molecular flexibility index (Phi) is 19.2. The molecule has 3 amide bonds. The van der Waals surface area contributed by atoms with Gasteiger partial charge in [-0.1, -0.05) is 79.3 Å². The van der Waals surface area contributed by atoms with E-state index >= 15 is 0 Å². The number of allylic oxidation sites excluding steroid dienone is 10. The molecule has 8 nitrogen and oxygen atoms in total. The van der Waals surface area contributed by atoms with Gasteiger partial charge in [0.25, 0.3) is 5.91 Å². The number of unbranched alkanes of at least 4 members (excludes halogenated alkanes) is 1. The van der Waals surface area contributed by atoms with Gasteiger partial charge in [-0.25, -0.2) is 0 Å². The summed E-state index contributed by atoms with van der Waals surface area (Å²) in [5, 5.41) is 6.29. The molecule has 0 radical (unpaired) electrons. The zero-order chi connectivity index (χ0) is 38.3. The van der Waals surface area contributed by atoms with Crippen LogP contribution < -0.4 is 15.4 Å². The van der Waals surface area contributed by atoms with Crippen molar-refractivity contribution in [2.45, 2.75) is 96.6 Å². The van der Waals surface area contributed by atoms with Gasteiger partial charge in [-0.3, -0.25) is 19.2 Å². The number of ketones is 1. The molecule has 2 aromatic rings. The van der Waals surface area contributed by atoms with E-state index < -0.39 is 11.6 Å². The Labute approximate surface area is 321 Å². The fraction of sp³-hybridized carbons (Fsp3) is 0.409. The van der Waals surface area contributed by atoms with Gasteiger partial charge < -0.3 is 20.3 Å². The third-order valence-corrected chi connectivity index (χ3v) is 8.86. The van der Waals surface area contributed by atoms with Gasteiger partial charge in [0.15, 0.2) is 11.4 Å². The van der Waals surface area contributed by atoms with Crippen LogP contribution in [0.15, 0.2) is 109 Å². The molecular formula is C44H56ClN3O5. The summed E-state index contributed by atoms with van der Waals surface area (Å²) in [5.74, 6) is -0.303. The summed E-state index contributed by atoms with van der Waals surface area (Å²) in [6.07, 6.45) is 29.8. The third-order valence-electron chi connectivity index (χ3n) is 8.61. The number of halogens is 1. The molecule has 53 heavy (non-hydrogen) atoms. The van der Waals surface area contributed by atoms with Gasteiger partial charge in [-0.2, -0.15) is 0 Å². The Morgan fingerprint density at radius 2 is 1.30 bits per heavy atom. The van der Waals surface area contributed by atoms with Gasteiger partial charge in [0.2, 0.25) is 11.8 Å². The first-order valence-electron chi connectivity index (χ1n) is 18.8. The van der Waals surface area contributed by atoms with Gasteiger partial charge in [0.05, 0.1) is 0 Å². The fourth-order valence-corrected chi connectivity index (χ4v) is 5.88. The number of likely N-dealkylation sites (tertiary alicyclic amines) is 1. The minimum absolute atomic E-state index is 0.0504. The number of carbonyl (C=O) groups is 4. The molecule has 0 spiro atoms. The number of hydrogen-bond acceptors (Lipinski definition) is 5. The average molecular weight is 742 g/mol. The lowest BCUT2D eigenvalue weighted by Crippen LogP contribution is -2.54. The number of nitrogens with zero attached hydrogens (tertiary/aromatic N) is 1. The molecule has 2 aromatic carbocycles. The molecule has 0 aliphatic carbocycles. The normalized spacial score (nSPS) is 15.0. The Bertz CT molecular complexity index is 1610. The number of hydrogen-bond donors (Lipinski definition) is 2. The van der Waals surface area contributed by atoms with Crippen LogP contribution in [-0.2, 0) is 14.4 Å². The lowest BCUT2D eigenvalue weighted by Gasteiger charge is -2.33. The highest BCUT2D eigenvalue weighted by molar-refractivity contribution is 6.30. The summed E-state index contributed by atoms with van der Waals surface area (Å²) in [6.45, 7) is 6.53. The Morgan fingerprint density at radius 3 is 1.89 bits per heavy atom. The molecule has 1 aliphatic rings. The van der Waals surface area contributed by atoms with Crippen LogP contribution in [0.3, 0.4) is 0 Å². The van der Waals surface area contributed by atoms with Crippen molar-refractivity contribution in [3.05, 3.63) is 125 Å². The standard InChI is InChI=1S/C44H56ClN3O5/c1-4-5-6-7-8-9-10-11-12-13-14-15-16-17-18-19-20-23-40(49)46-32-33-47-42(51)39-22-21-34-48(39)43(52)44(2,3)53-38-30-26-36(27-31-38)41(50)35-24-28-37(45)29-25-35/h5-6,8-9,11-12,14-15,17-18,24-31,39H,4,7,10,13,16,19-23,32-34H2,1-3H3,(H,46,49)(H,47,51). The summed E-state index contributed by atoms with van der Waals surface area (Å²) >= 11 is 5.93. The summed E-state index contributed by atoms with van der Waals surface area (Å²) in [6, 6.07) is 12.7. The molecule has 1 aliphatic heterocycles. The van der Waals surface area contributed by atoms with Crippen LogP contribution in [0, 0.1) is 0 Å². The smallest absolute Gasteiger partial charge is 0.266 e. The molecule has 1 heterocycles. The summed E-state index contributed by atoms with van der Waals surface area (Å²) in [7, 11) is 0. The van der Waals surface area contributed by atoms with Crippen molar-refractivity contribution in [1.29, 1.82) is 0 Å². The predicted octanol–water partition coefficient (Wildman–Crippen LogP) is 8.87. The van der Waals surface area contributed by atoms with Gasteiger partial charge >= 0.3 is 0 Å². The van der Waals surface area contributed by atoms with Crippen LogP contribution in [0.2, 0.25) is 5.02 Å². The van der Waals surface area contributed by atoms with Crippen molar-refractivity contribution in [2.75, 3.05) is 19.6 Å². The van der Waals surface area contributed by atoms with Gasteiger partial charge in [0.1, 0.15) is 11.8 Å². The molecule has 1 fully saturated rings. The van der Waals surface area contributed by atoms with Crippen LogP contribution in [0.25, 0.3) is 0 Å². The maximum atomic E-state index is 13.6. The SMILES string of the molecule is CCC=CCC=CCC=CCC=CCC=CCCCC(=O)NCCNC(=O)C1CCCN1C(=O)C(C)(C)Oc1ccc(C(=O)c2ccc(Cl)cc2)cc1. The van der Waals surface area contributed by atoms with Gasteiger partial charge in [-0.15, -0.1) is 0 Å². The van der Waals surface area contributed by atoms with Gasteiger partial charge in [0, 0.05) is 42.2 Å². The minimum atomic E-state index is -1.24. The minimum Gasteiger partial charge on any atom is -0.478 e. The van der Waals surface area contributed by atoms with Crippen molar-refractivity contribution in [1.82, 2.24) is 15.5 Å². The number of carbonyl (C=O) groups excluding carboxylic acids is 4. The quantitative estimate of drug-likeness (QED) is 0.0713. The van der Waals surface area contributed by atoms with E-state index in [1.807, 2.05) is 0 Å². The Balaban J connectivity index is 1.29.